The van der Waals surface area contributed by atoms with E-state index in [9.17, 15) is 14.9 Å². The molecular formula is C10H14N4O3. The molecule has 0 unspecified atom stereocenters. The van der Waals surface area contributed by atoms with E-state index in [2.05, 4.69) is 15.6 Å². The van der Waals surface area contributed by atoms with Crippen molar-refractivity contribution in [3.8, 4) is 0 Å². The van der Waals surface area contributed by atoms with Gasteiger partial charge in [-0.25, -0.2) is 4.98 Å². The first-order valence-electron chi connectivity index (χ1n) is 5.17. The first-order valence-corrected chi connectivity index (χ1v) is 5.17. The molecule has 0 aliphatic carbocycles. The molecule has 0 bridgehead atoms. The fourth-order valence-corrected chi connectivity index (χ4v) is 1.25. The van der Waals surface area contributed by atoms with Gasteiger partial charge >= 0.3 is 5.69 Å². The molecule has 1 rings (SSSR count). The van der Waals surface area contributed by atoms with Crippen LogP contribution in [0.2, 0.25) is 0 Å². The van der Waals surface area contributed by atoms with E-state index in [0.29, 0.717) is 12.2 Å². The zero-order valence-electron chi connectivity index (χ0n) is 9.69. The van der Waals surface area contributed by atoms with Crippen LogP contribution in [0.4, 0.5) is 11.5 Å². The van der Waals surface area contributed by atoms with Gasteiger partial charge in [-0.1, -0.05) is 0 Å². The van der Waals surface area contributed by atoms with Gasteiger partial charge in [0.15, 0.2) is 0 Å². The van der Waals surface area contributed by atoms with Gasteiger partial charge in [-0.2, -0.15) is 0 Å². The van der Waals surface area contributed by atoms with Crippen LogP contribution >= 0.6 is 0 Å². The summed E-state index contributed by atoms with van der Waals surface area (Å²) in [6, 6.07) is 2.91. The molecule has 0 aromatic carbocycles. The fraction of sp³-hybridized carbons (Fsp3) is 0.400. The van der Waals surface area contributed by atoms with Crippen molar-refractivity contribution >= 4 is 17.4 Å². The number of anilines is 1. The Morgan fingerprint density at radius 3 is 2.82 bits per heavy atom. The standard InChI is InChI=1S/C10H14N4O3/c1-3-11-9(15)6-12-10-8(14(16)17)5-4-7(2)13-10/h4-5H,3,6H2,1-2H3,(H,11,15)(H,12,13). The van der Waals surface area contributed by atoms with Crippen molar-refractivity contribution in [1.29, 1.82) is 0 Å². The van der Waals surface area contributed by atoms with Crippen LogP contribution in [-0.2, 0) is 4.79 Å². The molecule has 1 heterocycles. The Labute approximate surface area is 98.4 Å². The predicted octanol–water partition coefficient (Wildman–Crippen LogP) is 0.846. The number of likely N-dealkylation sites (N-methyl/N-ethyl adjacent to an activating group) is 1. The van der Waals surface area contributed by atoms with E-state index in [1.807, 2.05) is 0 Å². The van der Waals surface area contributed by atoms with Crippen molar-refractivity contribution in [2.45, 2.75) is 13.8 Å². The van der Waals surface area contributed by atoms with Gasteiger partial charge in [-0.05, 0) is 19.9 Å². The summed E-state index contributed by atoms with van der Waals surface area (Å²) in [7, 11) is 0. The highest BCUT2D eigenvalue weighted by atomic mass is 16.6. The number of nitro groups is 1. The molecule has 17 heavy (non-hydrogen) atoms. The lowest BCUT2D eigenvalue weighted by Gasteiger charge is -2.06. The summed E-state index contributed by atoms with van der Waals surface area (Å²) in [5.74, 6) is -0.119. The van der Waals surface area contributed by atoms with Crippen LogP contribution in [0.3, 0.4) is 0 Å². The summed E-state index contributed by atoms with van der Waals surface area (Å²) < 4.78 is 0. The molecule has 0 saturated heterocycles. The largest absolute Gasteiger partial charge is 0.355 e. The van der Waals surface area contributed by atoms with Gasteiger partial charge in [0.25, 0.3) is 0 Å². The van der Waals surface area contributed by atoms with E-state index in [4.69, 9.17) is 0 Å². The lowest BCUT2D eigenvalue weighted by atomic mass is 10.3. The smallest absolute Gasteiger partial charge is 0.311 e. The molecule has 92 valence electrons. The van der Waals surface area contributed by atoms with Crippen LogP contribution in [0.5, 0.6) is 0 Å². The Balaban J connectivity index is 2.78. The number of nitrogens with one attached hydrogen (secondary N) is 2. The SMILES string of the molecule is CCNC(=O)CNc1nc(C)ccc1[N+](=O)[O-]. The molecule has 0 fully saturated rings. The van der Waals surface area contributed by atoms with E-state index in [0.717, 1.165) is 0 Å². The van der Waals surface area contributed by atoms with E-state index in [1.165, 1.54) is 6.07 Å². The van der Waals surface area contributed by atoms with Crippen LogP contribution in [0.15, 0.2) is 12.1 Å². The van der Waals surface area contributed by atoms with Gasteiger partial charge < -0.3 is 10.6 Å². The molecule has 1 aromatic rings. The minimum absolute atomic E-state index is 0.0366. The number of carbonyl (C=O) groups excluding carboxylic acids is 1. The third-order valence-corrected chi connectivity index (χ3v) is 2.00. The molecule has 2 N–H and O–H groups in total. The van der Waals surface area contributed by atoms with Crippen molar-refractivity contribution in [2.24, 2.45) is 0 Å². The summed E-state index contributed by atoms with van der Waals surface area (Å²) in [5.41, 5.74) is 0.508. The average molecular weight is 238 g/mol. The molecule has 7 nitrogen and oxygen atoms in total. The maximum absolute atomic E-state index is 11.2. The van der Waals surface area contributed by atoms with Gasteiger partial charge in [-0.3, -0.25) is 14.9 Å². The Morgan fingerprint density at radius 2 is 2.24 bits per heavy atom. The summed E-state index contributed by atoms with van der Waals surface area (Å²) in [4.78, 5) is 25.4. The minimum atomic E-state index is -0.535. The molecule has 0 aliphatic rings. The number of carbonyl (C=O) groups is 1. The second kappa shape index (κ2) is 5.78. The summed E-state index contributed by atoms with van der Waals surface area (Å²) in [6.07, 6.45) is 0. The maximum Gasteiger partial charge on any atom is 0.311 e. The van der Waals surface area contributed by atoms with Gasteiger partial charge in [0.05, 0.1) is 11.5 Å². The first-order chi connectivity index (χ1) is 8.04. The zero-order chi connectivity index (χ0) is 12.8. The summed E-state index contributed by atoms with van der Waals surface area (Å²) in [5, 5.41) is 16.0. The normalized spacial score (nSPS) is 9.76. The van der Waals surface area contributed by atoms with Crippen LogP contribution in [0.1, 0.15) is 12.6 Å². The number of rotatable bonds is 5. The zero-order valence-corrected chi connectivity index (χ0v) is 9.69. The number of aromatic nitrogens is 1. The molecule has 1 aromatic heterocycles. The average Bonchev–Trinajstić information content (AvgIpc) is 2.26. The third-order valence-electron chi connectivity index (χ3n) is 2.00. The maximum atomic E-state index is 11.2. The topological polar surface area (TPSA) is 97.2 Å². The lowest BCUT2D eigenvalue weighted by molar-refractivity contribution is -0.384. The second-order valence-corrected chi connectivity index (χ2v) is 3.38. The van der Waals surface area contributed by atoms with Gasteiger partial charge in [-0.15, -0.1) is 0 Å². The molecular weight excluding hydrogens is 224 g/mol. The molecule has 0 aliphatic heterocycles. The Hall–Kier alpha value is -2.18. The van der Waals surface area contributed by atoms with E-state index in [1.54, 1.807) is 19.9 Å². The molecule has 0 spiro atoms. The number of aryl methyl sites for hydroxylation is 1. The molecule has 0 radical (unpaired) electrons. The van der Waals surface area contributed by atoms with Crippen molar-refractivity contribution in [3.05, 3.63) is 27.9 Å². The van der Waals surface area contributed by atoms with Gasteiger partial charge in [0.2, 0.25) is 11.7 Å². The highest BCUT2D eigenvalue weighted by Crippen LogP contribution is 2.21. The summed E-state index contributed by atoms with van der Waals surface area (Å²) >= 11 is 0. The van der Waals surface area contributed by atoms with Crippen molar-refractivity contribution in [2.75, 3.05) is 18.4 Å². The monoisotopic (exact) mass is 238 g/mol. The fourth-order valence-electron chi connectivity index (χ4n) is 1.25. The summed E-state index contributed by atoms with van der Waals surface area (Å²) in [6.45, 7) is 4.00. The first kappa shape index (κ1) is 12.9. The number of amides is 1. The highest BCUT2D eigenvalue weighted by Gasteiger charge is 2.15. The predicted molar refractivity (Wildman–Crippen MR) is 62.8 cm³/mol. The van der Waals surface area contributed by atoms with Crippen LogP contribution in [0.25, 0.3) is 0 Å². The molecule has 7 heteroatoms. The number of nitrogens with zero attached hydrogens (tertiary/aromatic N) is 2. The lowest BCUT2D eigenvalue weighted by Crippen LogP contribution is -2.29. The molecule has 0 saturated carbocycles. The van der Waals surface area contributed by atoms with Crippen LogP contribution < -0.4 is 10.6 Å². The van der Waals surface area contributed by atoms with Crippen molar-refractivity contribution in [1.82, 2.24) is 10.3 Å². The van der Waals surface area contributed by atoms with E-state index in [-0.39, 0.29) is 24.0 Å². The molecule has 1 amide bonds. The quantitative estimate of drug-likeness (QED) is 0.585. The highest BCUT2D eigenvalue weighted by molar-refractivity contribution is 5.81. The second-order valence-electron chi connectivity index (χ2n) is 3.38. The third kappa shape index (κ3) is 3.71. The Bertz CT molecular complexity index is 434. The minimum Gasteiger partial charge on any atom is -0.355 e. The van der Waals surface area contributed by atoms with Crippen LogP contribution in [0, 0.1) is 17.0 Å². The Kier molecular flexibility index (Phi) is 4.38. The Morgan fingerprint density at radius 1 is 1.53 bits per heavy atom. The molecule has 0 atom stereocenters. The van der Waals surface area contributed by atoms with Crippen LogP contribution in [-0.4, -0.2) is 28.9 Å². The van der Waals surface area contributed by atoms with Crippen molar-refractivity contribution in [3.63, 3.8) is 0 Å². The number of pyridine rings is 1. The van der Waals surface area contributed by atoms with E-state index < -0.39 is 4.92 Å². The van der Waals surface area contributed by atoms with Crippen molar-refractivity contribution < 1.29 is 9.72 Å². The van der Waals surface area contributed by atoms with Gasteiger partial charge in [0.1, 0.15) is 0 Å². The van der Waals surface area contributed by atoms with Gasteiger partial charge in [0, 0.05) is 18.3 Å². The number of hydrogen-bond donors (Lipinski definition) is 2. The van der Waals surface area contributed by atoms with E-state index >= 15 is 0 Å². The number of hydrogen-bond acceptors (Lipinski definition) is 5.